The fourth-order valence-electron chi connectivity index (χ4n) is 3.80. The summed E-state index contributed by atoms with van der Waals surface area (Å²) in [4.78, 5) is 0. The van der Waals surface area contributed by atoms with Gasteiger partial charge in [-0.1, -0.05) is 55.8 Å². The van der Waals surface area contributed by atoms with E-state index in [0.29, 0.717) is 12.1 Å². The van der Waals surface area contributed by atoms with Gasteiger partial charge in [0.15, 0.2) is 0 Å². The van der Waals surface area contributed by atoms with Crippen LogP contribution in [0, 0.1) is 0 Å². The SMILES string of the molecule is CCCc1ccc(OC(F)(F)F)c(CNC2CCCNC2c2ccccc2)c1. The highest BCUT2D eigenvalue weighted by Crippen LogP contribution is 2.29. The number of benzene rings is 2. The number of piperidine rings is 1. The molecule has 1 heterocycles. The van der Waals surface area contributed by atoms with E-state index < -0.39 is 6.36 Å². The van der Waals surface area contributed by atoms with Gasteiger partial charge in [0.2, 0.25) is 0 Å². The number of halogens is 3. The van der Waals surface area contributed by atoms with Crippen molar-refractivity contribution >= 4 is 0 Å². The zero-order chi connectivity index (χ0) is 20.0. The second kappa shape index (κ2) is 9.43. The molecular formula is C22H27F3N2O. The Labute approximate surface area is 164 Å². The van der Waals surface area contributed by atoms with Gasteiger partial charge in [-0.3, -0.25) is 0 Å². The number of rotatable bonds is 7. The molecule has 1 fully saturated rings. The molecule has 2 atom stereocenters. The standard InChI is InChI=1S/C22H27F3N2O/c1-2-7-16-11-12-20(28-22(23,24)25)18(14-16)15-27-19-10-6-13-26-21(19)17-8-4-3-5-9-17/h3-5,8-9,11-12,14,19,21,26-27H,2,6-7,10,13,15H2,1H3. The minimum atomic E-state index is -4.69. The summed E-state index contributed by atoms with van der Waals surface area (Å²) >= 11 is 0. The lowest BCUT2D eigenvalue weighted by Crippen LogP contribution is -2.45. The molecule has 1 saturated heterocycles. The molecule has 2 aromatic carbocycles. The van der Waals surface area contributed by atoms with E-state index in [2.05, 4.69) is 34.4 Å². The van der Waals surface area contributed by atoms with Crippen LogP contribution < -0.4 is 15.4 Å². The zero-order valence-corrected chi connectivity index (χ0v) is 16.1. The lowest BCUT2D eigenvalue weighted by atomic mass is 9.92. The fraction of sp³-hybridized carbons (Fsp3) is 0.455. The summed E-state index contributed by atoms with van der Waals surface area (Å²) in [5, 5.41) is 7.00. The van der Waals surface area contributed by atoms with Crippen LogP contribution in [0.5, 0.6) is 5.75 Å². The van der Waals surface area contributed by atoms with Crippen LogP contribution in [-0.2, 0) is 13.0 Å². The highest BCUT2D eigenvalue weighted by molar-refractivity contribution is 5.37. The first-order valence-electron chi connectivity index (χ1n) is 9.85. The lowest BCUT2D eigenvalue weighted by Gasteiger charge is -2.34. The van der Waals surface area contributed by atoms with Crippen molar-refractivity contribution in [3.63, 3.8) is 0 Å². The van der Waals surface area contributed by atoms with Gasteiger partial charge in [0.05, 0.1) is 0 Å². The number of alkyl halides is 3. The first-order chi connectivity index (χ1) is 13.5. The second-order valence-electron chi connectivity index (χ2n) is 7.21. The van der Waals surface area contributed by atoms with Crippen molar-refractivity contribution in [3.8, 4) is 5.75 Å². The molecule has 1 aliphatic heterocycles. The van der Waals surface area contributed by atoms with E-state index in [4.69, 9.17) is 0 Å². The maximum atomic E-state index is 12.8. The molecule has 0 spiro atoms. The topological polar surface area (TPSA) is 33.3 Å². The molecule has 0 radical (unpaired) electrons. The van der Waals surface area contributed by atoms with Crippen LogP contribution >= 0.6 is 0 Å². The van der Waals surface area contributed by atoms with Gasteiger partial charge in [0, 0.05) is 24.2 Å². The molecule has 0 aliphatic carbocycles. The normalized spacial score (nSPS) is 20.1. The molecule has 0 aromatic heterocycles. The van der Waals surface area contributed by atoms with E-state index in [9.17, 15) is 13.2 Å². The smallest absolute Gasteiger partial charge is 0.405 e. The van der Waals surface area contributed by atoms with Gasteiger partial charge in [-0.2, -0.15) is 0 Å². The number of ether oxygens (including phenoxy) is 1. The third kappa shape index (κ3) is 5.72. The number of nitrogens with one attached hydrogen (secondary N) is 2. The second-order valence-corrected chi connectivity index (χ2v) is 7.21. The average molecular weight is 392 g/mol. The molecule has 0 bridgehead atoms. The van der Waals surface area contributed by atoms with Gasteiger partial charge < -0.3 is 15.4 Å². The molecule has 0 amide bonds. The molecule has 152 valence electrons. The lowest BCUT2D eigenvalue weighted by molar-refractivity contribution is -0.274. The van der Waals surface area contributed by atoms with Crippen molar-refractivity contribution in [1.82, 2.24) is 10.6 Å². The quantitative estimate of drug-likeness (QED) is 0.686. The molecule has 3 rings (SSSR count). The summed E-state index contributed by atoms with van der Waals surface area (Å²) < 4.78 is 42.6. The van der Waals surface area contributed by atoms with E-state index in [-0.39, 0.29) is 17.8 Å². The number of hydrogen-bond acceptors (Lipinski definition) is 3. The molecule has 1 aliphatic rings. The van der Waals surface area contributed by atoms with Crippen LogP contribution in [0.3, 0.4) is 0 Å². The summed E-state index contributed by atoms with van der Waals surface area (Å²) in [5.41, 5.74) is 2.75. The first-order valence-corrected chi connectivity index (χ1v) is 9.85. The van der Waals surface area contributed by atoms with Gasteiger partial charge in [-0.05, 0) is 43.0 Å². The van der Waals surface area contributed by atoms with E-state index >= 15 is 0 Å². The largest absolute Gasteiger partial charge is 0.573 e. The van der Waals surface area contributed by atoms with Crippen LogP contribution in [0.2, 0.25) is 0 Å². The summed E-state index contributed by atoms with van der Waals surface area (Å²) in [7, 11) is 0. The molecule has 28 heavy (non-hydrogen) atoms. The Balaban J connectivity index is 1.76. The Morgan fingerprint density at radius 3 is 2.64 bits per heavy atom. The van der Waals surface area contributed by atoms with E-state index in [1.54, 1.807) is 6.07 Å². The van der Waals surface area contributed by atoms with Crippen molar-refractivity contribution < 1.29 is 17.9 Å². The summed E-state index contributed by atoms with van der Waals surface area (Å²) in [6.07, 6.45) is -0.925. The van der Waals surface area contributed by atoms with Gasteiger partial charge in [-0.25, -0.2) is 0 Å². The minimum absolute atomic E-state index is 0.125. The van der Waals surface area contributed by atoms with E-state index in [0.717, 1.165) is 37.8 Å². The minimum Gasteiger partial charge on any atom is -0.405 e. The Bertz CT molecular complexity index is 749. The van der Waals surface area contributed by atoms with Gasteiger partial charge in [-0.15, -0.1) is 13.2 Å². The number of hydrogen-bond donors (Lipinski definition) is 2. The summed E-state index contributed by atoms with van der Waals surface area (Å²) in [6, 6.07) is 15.4. The van der Waals surface area contributed by atoms with Crippen LogP contribution in [0.25, 0.3) is 0 Å². The van der Waals surface area contributed by atoms with Crippen LogP contribution in [0.4, 0.5) is 13.2 Å². The van der Waals surface area contributed by atoms with E-state index in [1.807, 2.05) is 24.3 Å². The number of aryl methyl sites for hydroxylation is 1. The molecule has 2 aromatic rings. The maximum absolute atomic E-state index is 12.8. The fourth-order valence-corrected chi connectivity index (χ4v) is 3.80. The third-order valence-electron chi connectivity index (χ3n) is 5.06. The van der Waals surface area contributed by atoms with Crippen molar-refractivity contribution in [2.75, 3.05) is 6.54 Å². The molecule has 0 saturated carbocycles. The van der Waals surface area contributed by atoms with Crippen molar-refractivity contribution in [1.29, 1.82) is 0 Å². The first kappa shape index (κ1) is 20.7. The van der Waals surface area contributed by atoms with Crippen LogP contribution in [0.15, 0.2) is 48.5 Å². The summed E-state index contributed by atoms with van der Waals surface area (Å²) in [6.45, 7) is 3.32. The van der Waals surface area contributed by atoms with Crippen LogP contribution in [-0.4, -0.2) is 18.9 Å². The molecular weight excluding hydrogens is 365 g/mol. The Morgan fingerprint density at radius 1 is 1.14 bits per heavy atom. The Morgan fingerprint density at radius 2 is 1.93 bits per heavy atom. The van der Waals surface area contributed by atoms with Crippen molar-refractivity contribution in [3.05, 3.63) is 65.2 Å². The molecule has 2 unspecified atom stereocenters. The predicted molar refractivity (Wildman–Crippen MR) is 104 cm³/mol. The molecule has 6 heteroatoms. The maximum Gasteiger partial charge on any atom is 0.573 e. The monoisotopic (exact) mass is 392 g/mol. The summed E-state index contributed by atoms with van der Waals surface area (Å²) in [5.74, 6) is -0.125. The van der Waals surface area contributed by atoms with Crippen molar-refractivity contribution in [2.45, 2.75) is 57.6 Å². The molecule has 2 N–H and O–H groups in total. The van der Waals surface area contributed by atoms with Crippen molar-refractivity contribution in [2.24, 2.45) is 0 Å². The van der Waals surface area contributed by atoms with Crippen LogP contribution in [0.1, 0.15) is 48.9 Å². The predicted octanol–water partition coefficient (Wildman–Crippen LogP) is 5.12. The Kier molecular flexibility index (Phi) is 6.97. The van der Waals surface area contributed by atoms with Gasteiger partial charge in [0.1, 0.15) is 5.75 Å². The zero-order valence-electron chi connectivity index (χ0n) is 16.1. The highest BCUT2D eigenvalue weighted by Gasteiger charge is 2.32. The average Bonchev–Trinajstić information content (AvgIpc) is 2.68. The van der Waals surface area contributed by atoms with E-state index in [1.165, 1.54) is 11.6 Å². The third-order valence-corrected chi connectivity index (χ3v) is 5.06. The van der Waals surface area contributed by atoms with Gasteiger partial charge in [0.25, 0.3) is 0 Å². The van der Waals surface area contributed by atoms with Gasteiger partial charge >= 0.3 is 6.36 Å². The highest BCUT2D eigenvalue weighted by atomic mass is 19.4. The molecule has 3 nitrogen and oxygen atoms in total. The Hall–Kier alpha value is -2.05.